The molecule has 23 heavy (non-hydrogen) atoms. The van der Waals surface area contributed by atoms with E-state index in [1.54, 1.807) is 6.92 Å². The number of nitro benzene ring substituents is 1. The van der Waals surface area contributed by atoms with Gasteiger partial charge in [-0.2, -0.15) is 4.31 Å². The third-order valence-corrected chi connectivity index (χ3v) is 5.93. The number of methoxy groups -OCH3 is 1. The summed E-state index contributed by atoms with van der Waals surface area (Å²) in [5.41, 5.74) is 0.145. The molecule has 1 aliphatic heterocycles. The van der Waals surface area contributed by atoms with E-state index in [9.17, 15) is 23.3 Å². The van der Waals surface area contributed by atoms with E-state index in [-0.39, 0.29) is 23.7 Å². The Bertz CT molecular complexity index is 731. The molecule has 0 saturated carbocycles. The molecule has 9 heteroatoms. The molecule has 1 aromatic rings. The molecule has 1 aromatic carbocycles. The number of piperidine rings is 1. The minimum absolute atomic E-state index is 0.0249. The van der Waals surface area contributed by atoms with E-state index >= 15 is 0 Å². The van der Waals surface area contributed by atoms with Crippen molar-refractivity contribution < 1.29 is 22.9 Å². The van der Waals surface area contributed by atoms with Gasteiger partial charge in [-0.25, -0.2) is 8.42 Å². The predicted molar refractivity (Wildman–Crippen MR) is 81.3 cm³/mol. The molecule has 1 unspecified atom stereocenters. The molecule has 2 rings (SSSR count). The summed E-state index contributed by atoms with van der Waals surface area (Å²) in [6.07, 6.45) is 1.10. The zero-order valence-electron chi connectivity index (χ0n) is 12.9. The minimum Gasteiger partial charge on any atom is -0.469 e. The molecule has 1 saturated heterocycles. The van der Waals surface area contributed by atoms with Crippen molar-refractivity contribution in [3.63, 3.8) is 0 Å². The average Bonchev–Trinajstić information content (AvgIpc) is 2.54. The molecule has 0 radical (unpaired) electrons. The van der Waals surface area contributed by atoms with Gasteiger partial charge in [0.05, 0.1) is 22.8 Å². The zero-order valence-corrected chi connectivity index (χ0v) is 13.7. The number of ether oxygens (including phenoxy) is 1. The Morgan fingerprint density at radius 2 is 2.13 bits per heavy atom. The monoisotopic (exact) mass is 342 g/mol. The predicted octanol–water partition coefficient (Wildman–Crippen LogP) is 1.48. The summed E-state index contributed by atoms with van der Waals surface area (Å²) in [4.78, 5) is 21.8. The summed E-state index contributed by atoms with van der Waals surface area (Å²) in [5.74, 6) is -0.955. The smallest absolute Gasteiger partial charge is 0.309 e. The number of non-ortho nitro benzene ring substituents is 1. The van der Waals surface area contributed by atoms with Gasteiger partial charge in [0.2, 0.25) is 10.0 Å². The number of esters is 1. The first-order valence-corrected chi connectivity index (χ1v) is 8.54. The van der Waals surface area contributed by atoms with Crippen LogP contribution >= 0.6 is 0 Å². The highest BCUT2D eigenvalue weighted by Crippen LogP contribution is 2.28. The van der Waals surface area contributed by atoms with Crippen LogP contribution in [0.2, 0.25) is 0 Å². The Kier molecular flexibility index (Phi) is 5.00. The number of nitro groups is 1. The second kappa shape index (κ2) is 6.63. The second-order valence-electron chi connectivity index (χ2n) is 5.43. The van der Waals surface area contributed by atoms with Gasteiger partial charge in [-0.3, -0.25) is 14.9 Å². The van der Waals surface area contributed by atoms with E-state index in [0.717, 1.165) is 6.07 Å². The third-order valence-electron chi connectivity index (χ3n) is 3.92. The van der Waals surface area contributed by atoms with Crippen LogP contribution < -0.4 is 0 Å². The van der Waals surface area contributed by atoms with Gasteiger partial charge in [-0.15, -0.1) is 0 Å². The number of nitrogens with zero attached hydrogens (tertiary/aromatic N) is 2. The van der Waals surface area contributed by atoms with Gasteiger partial charge in [0.25, 0.3) is 5.69 Å². The lowest BCUT2D eigenvalue weighted by Gasteiger charge is -2.30. The van der Waals surface area contributed by atoms with Gasteiger partial charge in [-0.05, 0) is 25.3 Å². The standard InChI is InChI=1S/C14H18N2O6S/c1-10-5-6-12(16(18)19)8-13(10)23(20,21)15-7-3-4-11(9-15)14(17)22-2/h5-6,8,11H,3-4,7,9H2,1-2H3. The lowest BCUT2D eigenvalue weighted by atomic mass is 10.0. The molecule has 0 amide bonds. The first-order valence-electron chi connectivity index (χ1n) is 7.10. The van der Waals surface area contributed by atoms with E-state index in [2.05, 4.69) is 4.74 Å². The lowest BCUT2D eigenvalue weighted by molar-refractivity contribution is -0.385. The maximum Gasteiger partial charge on any atom is 0.309 e. The van der Waals surface area contributed by atoms with Crippen molar-refractivity contribution in [2.45, 2.75) is 24.7 Å². The fraction of sp³-hybridized carbons (Fsp3) is 0.500. The van der Waals surface area contributed by atoms with Crippen molar-refractivity contribution in [3.05, 3.63) is 33.9 Å². The first kappa shape index (κ1) is 17.4. The van der Waals surface area contributed by atoms with E-state index < -0.39 is 26.8 Å². The summed E-state index contributed by atoms with van der Waals surface area (Å²) >= 11 is 0. The average molecular weight is 342 g/mol. The molecule has 1 fully saturated rings. The zero-order chi connectivity index (χ0) is 17.2. The highest BCUT2D eigenvalue weighted by atomic mass is 32.2. The number of carbonyl (C=O) groups excluding carboxylic acids is 1. The Hall–Kier alpha value is -2.00. The van der Waals surface area contributed by atoms with Crippen LogP contribution in [0.1, 0.15) is 18.4 Å². The van der Waals surface area contributed by atoms with Crippen LogP contribution in [0.3, 0.4) is 0 Å². The van der Waals surface area contributed by atoms with Gasteiger partial charge in [0.15, 0.2) is 0 Å². The molecule has 0 bridgehead atoms. The van der Waals surface area contributed by atoms with Crippen LogP contribution in [0.15, 0.2) is 23.1 Å². The normalized spacial score (nSPS) is 19.3. The summed E-state index contributed by atoms with van der Waals surface area (Å²) < 4.78 is 31.5. The molecule has 126 valence electrons. The van der Waals surface area contributed by atoms with Gasteiger partial charge in [0, 0.05) is 25.2 Å². The van der Waals surface area contributed by atoms with Gasteiger partial charge in [-0.1, -0.05) is 6.07 Å². The topological polar surface area (TPSA) is 107 Å². The first-order chi connectivity index (χ1) is 10.8. The Morgan fingerprint density at radius 1 is 1.43 bits per heavy atom. The van der Waals surface area contributed by atoms with Crippen molar-refractivity contribution >= 4 is 21.7 Å². The Morgan fingerprint density at radius 3 is 2.74 bits per heavy atom. The number of benzene rings is 1. The molecular weight excluding hydrogens is 324 g/mol. The number of sulfonamides is 1. The number of hydrogen-bond acceptors (Lipinski definition) is 6. The number of hydrogen-bond donors (Lipinski definition) is 0. The highest BCUT2D eigenvalue weighted by molar-refractivity contribution is 7.89. The largest absolute Gasteiger partial charge is 0.469 e. The molecule has 8 nitrogen and oxygen atoms in total. The van der Waals surface area contributed by atoms with Crippen molar-refractivity contribution in [1.82, 2.24) is 4.31 Å². The van der Waals surface area contributed by atoms with Crippen LogP contribution in [0.4, 0.5) is 5.69 Å². The summed E-state index contributed by atoms with van der Waals surface area (Å²) in [5, 5.41) is 10.9. The number of carbonyl (C=O) groups is 1. The quantitative estimate of drug-likeness (QED) is 0.466. The van der Waals surface area contributed by atoms with Crippen molar-refractivity contribution in [1.29, 1.82) is 0 Å². The lowest BCUT2D eigenvalue weighted by Crippen LogP contribution is -2.42. The molecule has 1 aliphatic rings. The fourth-order valence-electron chi connectivity index (χ4n) is 2.64. The van der Waals surface area contributed by atoms with Crippen LogP contribution in [-0.2, 0) is 19.6 Å². The molecule has 0 aromatic heterocycles. The van der Waals surface area contributed by atoms with Crippen LogP contribution in [-0.4, -0.2) is 43.8 Å². The van der Waals surface area contributed by atoms with E-state index in [0.29, 0.717) is 18.4 Å². The molecular formula is C14H18N2O6S. The minimum atomic E-state index is -3.90. The molecule has 1 heterocycles. The maximum absolute atomic E-state index is 12.8. The SMILES string of the molecule is COC(=O)C1CCCN(S(=O)(=O)c2cc([N+](=O)[O-])ccc2C)C1. The van der Waals surface area contributed by atoms with Crippen LogP contribution in [0, 0.1) is 23.0 Å². The highest BCUT2D eigenvalue weighted by Gasteiger charge is 2.35. The van der Waals surface area contributed by atoms with Crippen LogP contribution in [0.25, 0.3) is 0 Å². The molecule has 0 aliphatic carbocycles. The Labute approximate surface area is 134 Å². The second-order valence-corrected chi connectivity index (χ2v) is 7.34. The number of rotatable bonds is 4. The number of aryl methyl sites for hydroxylation is 1. The van der Waals surface area contributed by atoms with Crippen molar-refractivity contribution in [3.8, 4) is 0 Å². The van der Waals surface area contributed by atoms with Crippen LogP contribution in [0.5, 0.6) is 0 Å². The molecule has 0 spiro atoms. The summed E-state index contributed by atoms with van der Waals surface area (Å²) in [6.45, 7) is 1.88. The van der Waals surface area contributed by atoms with E-state index in [1.807, 2.05) is 0 Å². The fourth-order valence-corrected chi connectivity index (χ4v) is 4.41. The van der Waals surface area contributed by atoms with Gasteiger partial charge in [0.1, 0.15) is 0 Å². The van der Waals surface area contributed by atoms with Crippen molar-refractivity contribution in [2.75, 3.05) is 20.2 Å². The third kappa shape index (κ3) is 3.50. The van der Waals surface area contributed by atoms with Gasteiger partial charge >= 0.3 is 5.97 Å². The van der Waals surface area contributed by atoms with E-state index in [4.69, 9.17) is 0 Å². The molecule has 0 N–H and O–H groups in total. The van der Waals surface area contributed by atoms with Gasteiger partial charge < -0.3 is 4.74 Å². The maximum atomic E-state index is 12.8. The Balaban J connectivity index is 2.36. The summed E-state index contributed by atoms with van der Waals surface area (Å²) in [6, 6.07) is 3.74. The van der Waals surface area contributed by atoms with Crippen molar-refractivity contribution in [2.24, 2.45) is 5.92 Å². The molecule has 1 atom stereocenters. The van der Waals surface area contributed by atoms with E-state index in [1.165, 1.54) is 23.5 Å². The summed E-state index contributed by atoms with van der Waals surface area (Å²) in [7, 11) is -2.64.